The summed E-state index contributed by atoms with van der Waals surface area (Å²) in [7, 11) is -3.55. The Balaban J connectivity index is 2.19. The fourth-order valence-corrected chi connectivity index (χ4v) is 5.00. The minimum absolute atomic E-state index is 0.0637. The number of carbonyl (C=O) groups excluding carboxylic acids is 2. The highest BCUT2D eigenvalue weighted by Gasteiger charge is 2.29. The maximum atomic E-state index is 13.4. The molecule has 1 N–H and O–H groups in total. The molecule has 0 heterocycles. The first kappa shape index (κ1) is 30.3. The molecule has 0 spiro atoms. The summed E-state index contributed by atoms with van der Waals surface area (Å²) in [6.07, 6.45) is 2.76. The molecule has 0 bridgehead atoms. The molecule has 0 radical (unpaired) electrons. The van der Waals surface area contributed by atoms with Crippen molar-refractivity contribution in [2.45, 2.75) is 66.0 Å². The Labute approximate surface area is 221 Å². The van der Waals surface area contributed by atoms with E-state index in [0.29, 0.717) is 24.2 Å². The molecule has 0 saturated heterocycles. The van der Waals surface area contributed by atoms with Crippen molar-refractivity contribution < 1.29 is 22.4 Å². The molecule has 1 atom stereocenters. The molecule has 0 aliphatic heterocycles. The van der Waals surface area contributed by atoms with E-state index >= 15 is 0 Å². The fraction of sp³-hybridized carbons (Fsp3) is 0.500. The van der Waals surface area contributed by atoms with Crippen LogP contribution >= 0.6 is 0 Å². The molecule has 0 aliphatic carbocycles. The third-order valence-corrected chi connectivity index (χ3v) is 7.32. The highest BCUT2D eigenvalue weighted by molar-refractivity contribution is 7.92. The summed E-state index contributed by atoms with van der Waals surface area (Å²) in [5, 5.41) is 2.91. The van der Waals surface area contributed by atoms with Gasteiger partial charge in [-0.2, -0.15) is 0 Å². The number of sulfonamides is 1. The van der Waals surface area contributed by atoms with Crippen LogP contribution in [0.5, 0.6) is 0 Å². The van der Waals surface area contributed by atoms with Crippen molar-refractivity contribution in [2.24, 2.45) is 5.92 Å². The van der Waals surface area contributed by atoms with E-state index in [9.17, 15) is 22.4 Å². The average molecular weight is 534 g/mol. The Morgan fingerprint density at radius 3 is 2.08 bits per heavy atom. The topological polar surface area (TPSA) is 86.8 Å². The van der Waals surface area contributed by atoms with Crippen LogP contribution in [0.4, 0.5) is 10.1 Å². The van der Waals surface area contributed by atoms with Crippen molar-refractivity contribution in [3.8, 4) is 0 Å². The van der Waals surface area contributed by atoms with E-state index in [2.05, 4.69) is 5.32 Å². The van der Waals surface area contributed by atoms with Crippen molar-refractivity contribution >= 4 is 27.5 Å². The molecule has 0 saturated carbocycles. The maximum Gasteiger partial charge on any atom is 0.242 e. The second-order valence-corrected chi connectivity index (χ2v) is 11.6. The number of nitrogens with one attached hydrogen (secondary N) is 1. The van der Waals surface area contributed by atoms with Crippen molar-refractivity contribution in [1.29, 1.82) is 0 Å². The molecule has 37 heavy (non-hydrogen) atoms. The first-order chi connectivity index (χ1) is 17.5. The summed E-state index contributed by atoms with van der Waals surface area (Å²) in [6.45, 7) is 8.64. The van der Waals surface area contributed by atoms with Crippen molar-refractivity contribution in [3.05, 3.63) is 65.5 Å². The predicted molar refractivity (Wildman–Crippen MR) is 146 cm³/mol. The molecule has 7 nitrogen and oxygen atoms in total. The largest absolute Gasteiger partial charge is 0.354 e. The van der Waals surface area contributed by atoms with Gasteiger partial charge in [0, 0.05) is 26.1 Å². The molecule has 2 aromatic rings. The molecule has 0 aromatic heterocycles. The number of anilines is 1. The van der Waals surface area contributed by atoms with Crippen LogP contribution in [0.2, 0.25) is 0 Å². The minimum atomic E-state index is -3.55. The third kappa shape index (κ3) is 9.46. The van der Waals surface area contributed by atoms with Crippen LogP contribution in [-0.2, 0) is 32.6 Å². The van der Waals surface area contributed by atoms with Crippen LogP contribution in [0.15, 0.2) is 48.5 Å². The predicted octanol–water partition coefficient (Wildman–Crippen LogP) is 4.51. The lowest BCUT2D eigenvalue weighted by Gasteiger charge is -2.31. The number of benzene rings is 2. The van der Waals surface area contributed by atoms with E-state index in [-0.39, 0.29) is 49.5 Å². The van der Waals surface area contributed by atoms with Crippen LogP contribution in [0, 0.1) is 11.7 Å². The normalized spacial score (nSPS) is 12.3. The highest BCUT2D eigenvalue weighted by atomic mass is 32.2. The zero-order chi connectivity index (χ0) is 27.6. The quantitative estimate of drug-likeness (QED) is 0.387. The minimum Gasteiger partial charge on any atom is -0.354 e. The first-order valence-electron chi connectivity index (χ1n) is 12.8. The lowest BCUT2D eigenvalue weighted by molar-refractivity contribution is -0.141. The number of rotatable bonds is 14. The second kappa shape index (κ2) is 14.1. The Morgan fingerprint density at radius 1 is 0.973 bits per heavy atom. The van der Waals surface area contributed by atoms with Gasteiger partial charge in [-0.1, -0.05) is 52.0 Å². The number of amides is 2. The molecule has 0 aliphatic rings. The SMILES string of the molecule is CCc1ccc(N(CCCC(=O)N(Cc2ccc(F)cc2)C(CC)C(=O)NCC(C)C)S(C)(=O)=O)cc1. The van der Waals surface area contributed by atoms with E-state index in [4.69, 9.17) is 0 Å². The lowest BCUT2D eigenvalue weighted by Crippen LogP contribution is -2.49. The maximum absolute atomic E-state index is 13.4. The van der Waals surface area contributed by atoms with E-state index in [1.165, 1.54) is 21.3 Å². The van der Waals surface area contributed by atoms with Gasteiger partial charge in [0.25, 0.3) is 0 Å². The van der Waals surface area contributed by atoms with Crippen molar-refractivity contribution in [2.75, 3.05) is 23.7 Å². The zero-order valence-corrected chi connectivity index (χ0v) is 23.4. The molecular weight excluding hydrogens is 493 g/mol. The third-order valence-electron chi connectivity index (χ3n) is 6.12. The molecule has 2 amide bonds. The Kier molecular flexibility index (Phi) is 11.6. The number of halogens is 1. The Morgan fingerprint density at radius 2 is 1.57 bits per heavy atom. The number of nitrogens with zero attached hydrogens (tertiary/aromatic N) is 2. The summed E-state index contributed by atoms with van der Waals surface area (Å²) in [5.41, 5.74) is 2.36. The number of carbonyl (C=O) groups is 2. The molecule has 9 heteroatoms. The summed E-state index contributed by atoms with van der Waals surface area (Å²) >= 11 is 0. The fourth-order valence-electron chi connectivity index (χ4n) is 4.03. The van der Waals surface area contributed by atoms with Crippen LogP contribution in [-0.4, -0.2) is 50.5 Å². The van der Waals surface area contributed by atoms with E-state index in [1.807, 2.05) is 39.8 Å². The van der Waals surface area contributed by atoms with Gasteiger partial charge in [-0.15, -0.1) is 0 Å². The van der Waals surface area contributed by atoms with Crippen LogP contribution in [0.1, 0.15) is 58.1 Å². The highest BCUT2D eigenvalue weighted by Crippen LogP contribution is 2.20. The van der Waals surface area contributed by atoms with Gasteiger partial charge >= 0.3 is 0 Å². The van der Waals surface area contributed by atoms with Crippen LogP contribution in [0.25, 0.3) is 0 Å². The number of aryl methyl sites for hydroxylation is 1. The van der Waals surface area contributed by atoms with Crippen molar-refractivity contribution in [3.63, 3.8) is 0 Å². The van der Waals surface area contributed by atoms with E-state index < -0.39 is 16.1 Å². The molecule has 1 unspecified atom stereocenters. The molecule has 204 valence electrons. The standard InChI is InChI=1S/C28H40FN3O4S/c1-6-22-12-16-25(17-13-22)32(37(5,35)36)18-8-9-27(33)31(20-23-10-14-24(29)15-11-23)26(7-2)28(34)30-19-21(3)4/h10-17,21,26H,6-9,18-20H2,1-5H3,(H,30,34). The summed E-state index contributed by atoms with van der Waals surface area (Å²) < 4.78 is 39.7. The van der Waals surface area contributed by atoms with Crippen LogP contribution in [0.3, 0.4) is 0 Å². The number of hydrogen-bond acceptors (Lipinski definition) is 4. The van der Waals surface area contributed by atoms with Gasteiger partial charge in [0.05, 0.1) is 11.9 Å². The van der Waals surface area contributed by atoms with Gasteiger partial charge in [-0.25, -0.2) is 12.8 Å². The van der Waals surface area contributed by atoms with Crippen LogP contribution < -0.4 is 9.62 Å². The average Bonchev–Trinajstić information content (AvgIpc) is 2.85. The van der Waals surface area contributed by atoms with E-state index in [1.54, 1.807) is 24.3 Å². The Hall–Kier alpha value is -2.94. The monoisotopic (exact) mass is 533 g/mol. The van der Waals surface area contributed by atoms with Crippen molar-refractivity contribution in [1.82, 2.24) is 10.2 Å². The van der Waals surface area contributed by atoms with E-state index in [0.717, 1.165) is 18.2 Å². The van der Waals surface area contributed by atoms with Gasteiger partial charge < -0.3 is 10.2 Å². The van der Waals surface area contributed by atoms with Gasteiger partial charge in [0.1, 0.15) is 11.9 Å². The summed E-state index contributed by atoms with van der Waals surface area (Å²) in [4.78, 5) is 27.9. The summed E-state index contributed by atoms with van der Waals surface area (Å²) in [6, 6.07) is 12.5. The lowest BCUT2D eigenvalue weighted by atomic mass is 10.1. The zero-order valence-electron chi connectivity index (χ0n) is 22.5. The van der Waals surface area contributed by atoms with Gasteiger partial charge in [0.15, 0.2) is 0 Å². The Bertz CT molecular complexity index is 1120. The first-order valence-corrected chi connectivity index (χ1v) is 14.7. The van der Waals surface area contributed by atoms with Gasteiger partial charge in [-0.05, 0) is 60.6 Å². The number of hydrogen-bond donors (Lipinski definition) is 1. The molecule has 0 fully saturated rings. The smallest absolute Gasteiger partial charge is 0.242 e. The molecule has 2 rings (SSSR count). The molecule has 2 aromatic carbocycles. The van der Waals surface area contributed by atoms with Gasteiger partial charge in [-0.3, -0.25) is 13.9 Å². The second-order valence-electron chi connectivity index (χ2n) is 9.67. The van der Waals surface area contributed by atoms with Gasteiger partial charge in [0.2, 0.25) is 21.8 Å². The summed E-state index contributed by atoms with van der Waals surface area (Å²) in [5.74, 6) is -0.613. The molecular formula is C28H40FN3O4S.